The number of imidazole rings is 1. The Hall–Kier alpha value is -1.13. The molecular formula is C14H19N3S. The summed E-state index contributed by atoms with van der Waals surface area (Å²) in [6.45, 7) is 4.52. The van der Waals surface area contributed by atoms with Gasteiger partial charge in [-0.3, -0.25) is 0 Å². The molecule has 1 aliphatic rings. The van der Waals surface area contributed by atoms with Crippen LogP contribution in [-0.4, -0.2) is 22.6 Å². The van der Waals surface area contributed by atoms with E-state index in [1.807, 2.05) is 17.7 Å². The maximum absolute atomic E-state index is 4.38. The zero-order valence-corrected chi connectivity index (χ0v) is 11.5. The summed E-state index contributed by atoms with van der Waals surface area (Å²) in [5, 5.41) is 5.57. The first-order valence-corrected chi connectivity index (χ1v) is 7.50. The average Bonchev–Trinajstić information content (AvgIpc) is 3.10. The minimum Gasteiger partial charge on any atom is -0.326 e. The van der Waals surface area contributed by atoms with Gasteiger partial charge >= 0.3 is 0 Å². The fourth-order valence-electron chi connectivity index (χ4n) is 2.74. The minimum absolute atomic E-state index is 0.400. The molecule has 1 N–H and O–H groups in total. The lowest BCUT2D eigenvalue weighted by Crippen LogP contribution is -2.28. The third-order valence-electron chi connectivity index (χ3n) is 3.83. The molecule has 1 aliphatic heterocycles. The Morgan fingerprint density at radius 2 is 2.28 bits per heavy atom. The average molecular weight is 261 g/mol. The number of nitrogens with zero attached hydrogens (tertiary/aromatic N) is 2. The Bertz CT molecular complexity index is 483. The summed E-state index contributed by atoms with van der Waals surface area (Å²) in [7, 11) is 0. The van der Waals surface area contributed by atoms with Gasteiger partial charge in [0.25, 0.3) is 0 Å². The molecule has 1 unspecified atom stereocenters. The summed E-state index contributed by atoms with van der Waals surface area (Å²) in [6, 6.07) is 4.73. The monoisotopic (exact) mass is 261 g/mol. The van der Waals surface area contributed by atoms with Gasteiger partial charge in [0.2, 0.25) is 0 Å². The van der Waals surface area contributed by atoms with Gasteiger partial charge < -0.3 is 9.88 Å². The highest BCUT2D eigenvalue weighted by Crippen LogP contribution is 2.30. The highest BCUT2D eigenvalue weighted by molar-refractivity contribution is 7.10. The highest BCUT2D eigenvalue weighted by atomic mass is 32.1. The fraction of sp³-hybridized carbons (Fsp3) is 0.500. The van der Waals surface area contributed by atoms with Crippen molar-refractivity contribution < 1.29 is 0 Å². The number of aromatic nitrogens is 2. The first-order valence-electron chi connectivity index (χ1n) is 6.62. The molecule has 4 heteroatoms. The van der Waals surface area contributed by atoms with Crippen LogP contribution in [0.4, 0.5) is 0 Å². The van der Waals surface area contributed by atoms with Crippen molar-refractivity contribution in [3.8, 4) is 0 Å². The van der Waals surface area contributed by atoms with E-state index in [4.69, 9.17) is 0 Å². The summed E-state index contributed by atoms with van der Waals surface area (Å²) in [5.74, 6) is 0.663. The number of rotatable bonds is 3. The van der Waals surface area contributed by atoms with Crippen LogP contribution in [0.3, 0.4) is 0 Å². The van der Waals surface area contributed by atoms with Crippen LogP contribution >= 0.6 is 11.3 Å². The van der Waals surface area contributed by atoms with E-state index in [0.717, 1.165) is 13.1 Å². The molecule has 2 aromatic heterocycles. The van der Waals surface area contributed by atoms with E-state index < -0.39 is 0 Å². The highest BCUT2D eigenvalue weighted by Gasteiger charge is 2.21. The lowest BCUT2D eigenvalue weighted by Gasteiger charge is -2.25. The van der Waals surface area contributed by atoms with Crippen molar-refractivity contribution in [2.24, 2.45) is 0 Å². The van der Waals surface area contributed by atoms with Crippen molar-refractivity contribution in [3.05, 3.63) is 40.6 Å². The summed E-state index contributed by atoms with van der Waals surface area (Å²) in [4.78, 5) is 5.78. The van der Waals surface area contributed by atoms with Crippen LogP contribution in [0, 0.1) is 0 Å². The standard InChI is InChI=1S/C14H19N3S/c1-11(14-3-2-8-18-14)17-10-16-9-13(17)12-4-6-15-7-5-12/h2-3,8-12,15H,4-7H2,1H3. The molecule has 18 heavy (non-hydrogen) atoms. The van der Waals surface area contributed by atoms with E-state index >= 15 is 0 Å². The fourth-order valence-corrected chi connectivity index (χ4v) is 3.52. The predicted octanol–water partition coefficient (Wildman–Crippen LogP) is 3.02. The topological polar surface area (TPSA) is 29.9 Å². The van der Waals surface area contributed by atoms with E-state index in [-0.39, 0.29) is 0 Å². The van der Waals surface area contributed by atoms with Gasteiger partial charge in [-0.15, -0.1) is 11.3 Å². The lowest BCUT2D eigenvalue weighted by atomic mass is 9.94. The van der Waals surface area contributed by atoms with Gasteiger partial charge in [0, 0.05) is 22.7 Å². The van der Waals surface area contributed by atoms with Gasteiger partial charge in [0.1, 0.15) is 0 Å². The van der Waals surface area contributed by atoms with Gasteiger partial charge in [-0.25, -0.2) is 4.98 Å². The van der Waals surface area contributed by atoms with Crippen LogP contribution in [0.2, 0.25) is 0 Å². The van der Waals surface area contributed by atoms with Crippen molar-refractivity contribution >= 4 is 11.3 Å². The zero-order chi connectivity index (χ0) is 12.4. The molecule has 3 rings (SSSR count). The molecule has 96 valence electrons. The van der Waals surface area contributed by atoms with Crippen LogP contribution in [0.5, 0.6) is 0 Å². The largest absolute Gasteiger partial charge is 0.326 e. The predicted molar refractivity (Wildman–Crippen MR) is 75.2 cm³/mol. The molecule has 0 amide bonds. The van der Waals surface area contributed by atoms with Gasteiger partial charge in [0.05, 0.1) is 12.4 Å². The van der Waals surface area contributed by atoms with Crippen molar-refractivity contribution in [3.63, 3.8) is 0 Å². The zero-order valence-electron chi connectivity index (χ0n) is 10.7. The van der Waals surface area contributed by atoms with Crippen molar-refractivity contribution in [1.82, 2.24) is 14.9 Å². The van der Waals surface area contributed by atoms with Gasteiger partial charge in [0.15, 0.2) is 0 Å². The maximum atomic E-state index is 4.38. The SMILES string of the molecule is CC(c1cccs1)n1cncc1C1CCNCC1. The van der Waals surface area contributed by atoms with Gasteiger partial charge in [-0.05, 0) is 44.3 Å². The Balaban J connectivity index is 1.86. The number of piperidine rings is 1. The van der Waals surface area contributed by atoms with Crippen LogP contribution in [0.1, 0.15) is 42.3 Å². The molecule has 0 saturated carbocycles. The second-order valence-corrected chi connectivity index (χ2v) is 5.92. The van der Waals surface area contributed by atoms with Crippen LogP contribution in [0.25, 0.3) is 0 Å². The summed E-state index contributed by atoms with van der Waals surface area (Å²) >= 11 is 1.82. The molecule has 1 saturated heterocycles. The molecule has 0 spiro atoms. The van der Waals surface area contributed by atoms with Crippen molar-refractivity contribution in [2.45, 2.75) is 31.7 Å². The number of nitrogens with one attached hydrogen (secondary N) is 1. The number of thiophene rings is 1. The van der Waals surface area contributed by atoms with Crippen molar-refractivity contribution in [1.29, 1.82) is 0 Å². The smallest absolute Gasteiger partial charge is 0.0954 e. The van der Waals surface area contributed by atoms with Crippen LogP contribution < -0.4 is 5.32 Å². The minimum atomic E-state index is 0.400. The second-order valence-electron chi connectivity index (χ2n) is 4.94. The molecular weight excluding hydrogens is 242 g/mol. The molecule has 0 radical (unpaired) electrons. The van der Waals surface area contributed by atoms with Crippen LogP contribution in [0.15, 0.2) is 30.0 Å². The normalized spacial score (nSPS) is 18.9. The second kappa shape index (κ2) is 5.24. The molecule has 3 nitrogen and oxygen atoms in total. The van der Waals surface area contributed by atoms with Gasteiger partial charge in [-0.1, -0.05) is 6.07 Å². The third kappa shape index (κ3) is 2.22. The molecule has 0 aromatic carbocycles. The lowest BCUT2D eigenvalue weighted by molar-refractivity contribution is 0.434. The summed E-state index contributed by atoms with van der Waals surface area (Å²) in [6.07, 6.45) is 6.49. The van der Waals surface area contributed by atoms with E-state index in [2.05, 4.69) is 45.5 Å². The summed E-state index contributed by atoms with van der Waals surface area (Å²) < 4.78 is 2.35. The Morgan fingerprint density at radius 3 is 3.00 bits per heavy atom. The van der Waals surface area contributed by atoms with E-state index in [1.165, 1.54) is 23.4 Å². The summed E-state index contributed by atoms with van der Waals surface area (Å²) in [5.41, 5.74) is 1.40. The molecule has 3 heterocycles. The molecule has 0 aliphatic carbocycles. The Labute approximate surface area is 112 Å². The van der Waals surface area contributed by atoms with Crippen molar-refractivity contribution in [2.75, 3.05) is 13.1 Å². The van der Waals surface area contributed by atoms with E-state index in [1.54, 1.807) is 0 Å². The van der Waals surface area contributed by atoms with Crippen LogP contribution in [-0.2, 0) is 0 Å². The number of hydrogen-bond donors (Lipinski definition) is 1. The van der Waals surface area contributed by atoms with Gasteiger partial charge in [-0.2, -0.15) is 0 Å². The molecule has 2 aromatic rings. The first kappa shape index (κ1) is 11.9. The molecule has 0 bridgehead atoms. The molecule has 1 fully saturated rings. The number of hydrogen-bond acceptors (Lipinski definition) is 3. The molecule has 1 atom stereocenters. The Morgan fingerprint density at radius 1 is 1.44 bits per heavy atom. The Kier molecular flexibility index (Phi) is 3.48. The van der Waals surface area contributed by atoms with E-state index in [9.17, 15) is 0 Å². The third-order valence-corrected chi connectivity index (χ3v) is 4.87. The van der Waals surface area contributed by atoms with E-state index in [0.29, 0.717) is 12.0 Å². The quantitative estimate of drug-likeness (QED) is 0.920. The maximum Gasteiger partial charge on any atom is 0.0954 e. The first-order chi connectivity index (χ1) is 8.86.